The fraction of sp³-hybridized carbons (Fsp3) is 0.486. The van der Waals surface area contributed by atoms with Gasteiger partial charge in [-0.2, -0.15) is 5.26 Å². The van der Waals surface area contributed by atoms with Crippen molar-refractivity contribution in [1.29, 1.82) is 5.26 Å². The van der Waals surface area contributed by atoms with Crippen LogP contribution in [-0.4, -0.2) is 62.5 Å². The summed E-state index contributed by atoms with van der Waals surface area (Å²) in [6.45, 7) is 13.4. The van der Waals surface area contributed by atoms with E-state index in [9.17, 15) is 5.26 Å². The maximum absolute atomic E-state index is 9.20. The zero-order valence-electron chi connectivity index (χ0n) is 28.4. The number of nitrogens with zero attached hydrogens (tertiary/aromatic N) is 2. The van der Waals surface area contributed by atoms with E-state index in [2.05, 4.69) is 88.7 Å². The van der Waals surface area contributed by atoms with Crippen molar-refractivity contribution >= 4 is 8.53 Å². The minimum atomic E-state index is -1.46. The van der Waals surface area contributed by atoms with Gasteiger partial charge in [-0.3, -0.25) is 0 Å². The van der Waals surface area contributed by atoms with Gasteiger partial charge < -0.3 is 28.0 Å². The number of methoxy groups -OCH3 is 2. The summed E-state index contributed by atoms with van der Waals surface area (Å²) < 4.78 is 40.2. The number of hydrogen-bond donors (Lipinski definition) is 0. The SMILES string of the molecule is COc1ccc(C(OC[C@H]2O[C@@H](C)[C@@H](C)[C@H]2OP(OCCC#N)N(C(C)C)C(C)C)(c2ccccc2)c2ccc(OC)cc2)cc1. The van der Waals surface area contributed by atoms with Gasteiger partial charge in [0.15, 0.2) is 0 Å². The van der Waals surface area contributed by atoms with Gasteiger partial charge in [-0.15, -0.1) is 0 Å². The molecule has 5 atom stereocenters. The second-order valence-corrected chi connectivity index (χ2v) is 13.6. The second-order valence-electron chi connectivity index (χ2n) is 12.2. The molecule has 1 unspecified atom stereocenters. The quantitative estimate of drug-likeness (QED) is 0.0876. The van der Waals surface area contributed by atoms with Gasteiger partial charge in [0, 0.05) is 18.0 Å². The zero-order valence-corrected chi connectivity index (χ0v) is 29.3. The van der Waals surface area contributed by atoms with Crippen LogP contribution < -0.4 is 9.47 Å². The lowest BCUT2D eigenvalue weighted by molar-refractivity contribution is -0.0777. The largest absolute Gasteiger partial charge is 0.497 e. The second kappa shape index (κ2) is 16.7. The van der Waals surface area contributed by atoms with E-state index in [1.807, 2.05) is 42.5 Å². The molecule has 9 heteroatoms. The predicted octanol–water partition coefficient (Wildman–Crippen LogP) is 8.10. The van der Waals surface area contributed by atoms with E-state index in [1.165, 1.54) is 0 Å². The Morgan fingerprint density at radius 3 is 1.83 bits per heavy atom. The van der Waals surface area contributed by atoms with Crippen molar-refractivity contribution in [3.63, 3.8) is 0 Å². The molecule has 0 N–H and O–H groups in total. The number of rotatable bonds is 16. The Morgan fingerprint density at radius 2 is 1.35 bits per heavy atom. The normalized spacial score (nSPS) is 20.7. The summed E-state index contributed by atoms with van der Waals surface area (Å²) >= 11 is 0. The first kappa shape index (κ1) is 35.8. The molecule has 1 fully saturated rings. The van der Waals surface area contributed by atoms with Crippen molar-refractivity contribution in [3.05, 3.63) is 95.6 Å². The molecule has 1 aliphatic heterocycles. The molecule has 1 heterocycles. The van der Waals surface area contributed by atoms with Crippen LogP contribution in [0.15, 0.2) is 78.9 Å². The molecule has 3 aromatic rings. The summed E-state index contributed by atoms with van der Waals surface area (Å²) in [4.78, 5) is 0. The summed E-state index contributed by atoms with van der Waals surface area (Å²) in [6, 6.07) is 28.9. The minimum Gasteiger partial charge on any atom is -0.497 e. The average molecular weight is 649 g/mol. The van der Waals surface area contributed by atoms with Gasteiger partial charge in [0.1, 0.15) is 23.2 Å². The summed E-state index contributed by atoms with van der Waals surface area (Å²) in [7, 11) is 1.87. The molecule has 0 saturated carbocycles. The van der Waals surface area contributed by atoms with Crippen molar-refractivity contribution in [2.45, 2.75) is 84.0 Å². The number of benzene rings is 3. The molecular formula is C37H49N2O6P. The molecule has 0 spiro atoms. The highest BCUT2D eigenvalue weighted by Crippen LogP contribution is 2.50. The number of hydrogen-bond acceptors (Lipinski definition) is 8. The third-order valence-electron chi connectivity index (χ3n) is 8.53. The summed E-state index contributed by atoms with van der Waals surface area (Å²) in [5, 5.41) is 9.20. The van der Waals surface area contributed by atoms with E-state index in [0.717, 1.165) is 28.2 Å². The first-order valence-corrected chi connectivity index (χ1v) is 17.2. The van der Waals surface area contributed by atoms with Crippen LogP contribution in [0.4, 0.5) is 0 Å². The van der Waals surface area contributed by atoms with Gasteiger partial charge in [-0.05, 0) is 75.6 Å². The molecule has 0 bridgehead atoms. The molecular weight excluding hydrogens is 599 g/mol. The molecule has 0 amide bonds. The number of ether oxygens (including phenoxy) is 4. The van der Waals surface area contributed by atoms with Crippen molar-refractivity contribution in [2.75, 3.05) is 27.4 Å². The molecule has 0 aliphatic carbocycles. The Morgan fingerprint density at radius 1 is 0.826 bits per heavy atom. The van der Waals surface area contributed by atoms with Crippen LogP contribution in [0.3, 0.4) is 0 Å². The highest BCUT2D eigenvalue weighted by Gasteiger charge is 2.46. The van der Waals surface area contributed by atoms with Crippen molar-refractivity contribution in [1.82, 2.24) is 4.67 Å². The van der Waals surface area contributed by atoms with Gasteiger partial charge in [-0.25, -0.2) is 4.67 Å². The summed E-state index contributed by atoms with van der Waals surface area (Å²) in [5.74, 6) is 1.62. The molecule has 1 saturated heterocycles. The molecule has 248 valence electrons. The van der Waals surface area contributed by atoms with Crippen LogP contribution in [0.5, 0.6) is 11.5 Å². The Hall–Kier alpha value is -3.02. The van der Waals surface area contributed by atoms with Crippen LogP contribution >= 0.6 is 8.53 Å². The third-order valence-corrected chi connectivity index (χ3v) is 10.7. The van der Waals surface area contributed by atoms with Gasteiger partial charge >= 0.3 is 0 Å². The van der Waals surface area contributed by atoms with Gasteiger partial charge in [0.2, 0.25) is 0 Å². The van der Waals surface area contributed by atoms with E-state index >= 15 is 0 Å². The summed E-state index contributed by atoms with van der Waals surface area (Å²) in [6.07, 6.45) is -0.400. The minimum absolute atomic E-state index is 0.0470. The van der Waals surface area contributed by atoms with E-state index in [1.54, 1.807) is 14.2 Å². The van der Waals surface area contributed by atoms with E-state index in [0.29, 0.717) is 13.0 Å². The molecule has 0 radical (unpaired) electrons. The smallest absolute Gasteiger partial charge is 0.259 e. The van der Waals surface area contributed by atoms with Gasteiger partial charge in [-0.1, -0.05) is 61.5 Å². The lowest BCUT2D eigenvalue weighted by atomic mass is 9.80. The van der Waals surface area contributed by atoms with Crippen molar-refractivity contribution in [2.24, 2.45) is 5.92 Å². The maximum Gasteiger partial charge on any atom is 0.259 e. The van der Waals surface area contributed by atoms with Crippen LogP contribution in [0.25, 0.3) is 0 Å². The molecule has 8 nitrogen and oxygen atoms in total. The monoisotopic (exact) mass is 648 g/mol. The Kier molecular flexibility index (Phi) is 13.0. The fourth-order valence-electron chi connectivity index (χ4n) is 6.06. The lowest BCUT2D eigenvalue weighted by Gasteiger charge is -2.39. The Balaban J connectivity index is 1.75. The summed E-state index contributed by atoms with van der Waals surface area (Å²) in [5.41, 5.74) is 1.91. The number of nitriles is 1. The molecule has 0 aromatic heterocycles. The van der Waals surface area contributed by atoms with Crippen molar-refractivity contribution in [3.8, 4) is 17.6 Å². The topological polar surface area (TPSA) is 82.4 Å². The van der Waals surface area contributed by atoms with Crippen molar-refractivity contribution < 1.29 is 28.0 Å². The van der Waals surface area contributed by atoms with Gasteiger partial charge in [0.05, 0.1) is 52.1 Å². The van der Waals surface area contributed by atoms with E-state index in [-0.39, 0.29) is 42.9 Å². The van der Waals surface area contributed by atoms with Crippen LogP contribution in [0.1, 0.15) is 64.7 Å². The highest BCUT2D eigenvalue weighted by atomic mass is 31.2. The standard InChI is InChI=1S/C37H49N2O6P/c1-26(2)39(27(3)4)46(43-24-12-23-38)45-36-28(5)29(6)44-35(36)25-42-37(30-13-10-9-11-14-30,31-15-19-33(40-7)20-16-31)32-17-21-34(41-8)22-18-32/h9-11,13-22,26-29,35-36H,12,24-25H2,1-8H3/t28-,29+,35-,36-,46?/m1/s1. The zero-order chi connectivity index (χ0) is 33.3. The highest BCUT2D eigenvalue weighted by molar-refractivity contribution is 7.44. The lowest BCUT2D eigenvalue weighted by Crippen LogP contribution is -2.40. The fourth-order valence-corrected chi connectivity index (χ4v) is 7.90. The maximum atomic E-state index is 9.20. The molecule has 4 rings (SSSR count). The Labute approximate surface area is 276 Å². The average Bonchev–Trinajstić information content (AvgIpc) is 3.33. The molecule has 46 heavy (non-hydrogen) atoms. The van der Waals surface area contributed by atoms with Crippen LogP contribution in [0.2, 0.25) is 0 Å². The van der Waals surface area contributed by atoms with E-state index < -0.39 is 14.1 Å². The molecule has 1 aliphatic rings. The van der Waals surface area contributed by atoms with E-state index in [4.69, 9.17) is 28.0 Å². The van der Waals surface area contributed by atoms with Crippen LogP contribution in [-0.2, 0) is 24.1 Å². The van der Waals surface area contributed by atoms with Gasteiger partial charge in [0.25, 0.3) is 8.53 Å². The molecule has 3 aromatic carbocycles. The predicted molar refractivity (Wildman–Crippen MR) is 182 cm³/mol. The third kappa shape index (κ3) is 8.09. The first-order chi connectivity index (χ1) is 22.2. The first-order valence-electron chi connectivity index (χ1n) is 16.0. The van der Waals surface area contributed by atoms with Crippen LogP contribution in [0, 0.1) is 17.2 Å². The Bertz CT molecular complexity index is 1320.